The lowest BCUT2D eigenvalue weighted by molar-refractivity contribution is -0.150. The summed E-state index contributed by atoms with van der Waals surface area (Å²) in [6.45, 7) is 5.97. The number of carbonyl (C=O) groups excluding carboxylic acids is 1. The molecule has 24 heavy (non-hydrogen) atoms. The zero-order chi connectivity index (χ0) is 17.7. The van der Waals surface area contributed by atoms with Gasteiger partial charge in [0.1, 0.15) is 30.0 Å². The van der Waals surface area contributed by atoms with Crippen molar-refractivity contribution in [3.63, 3.8) is 0 Å². The predicted octanol–water partition coefficient (Wildman–Crippen LogP) is 2.95. The van der Waals surface area contributed by atoms with Crippen molar-refractivity contribution in [2.45, 2.75) is 33.0 Å². The molecule has 2 rings (SSSR count). The second kappa shape index (κ2) is 8.30. The summed E-state index contributed by atoms with van der Waals surface area (Å²) in [6, 6.07) is 2.49. The van der Waals surface area contributed by atoms with Crippen molar-refractivity contribution in [3.05, 3.63) is 28.5 Å². The highest BCUT2D eigenvalue weighted by Crippen LogP contribution is 2.30. The number of hydrogen-bond acceptors (Lipinski definition) is 6. The SMILES string of the molecule is CCOC(=O)[C@H](C)Oc1cc(F)c(Cl)cc1C1=NOCC1OCC. The number of esters is 1. The first-order chi connectivity index (χ1) is 11.5. The third-order valence-corrected chi connectivity index (χ3v) is 3.57. The Labute approximate surface area is 144 Å². The van der Waals surface area contributed by atoms with Crippen molar-refractivity contribution < 1.29 is 28.2 Å². The van der Waals surface area contributed by atoms with Crippen molar-refractivity contribution in [2.75, 3.05) is 19.8 Å². The topological polar surface area (TPSA) is 66.4 Å². The standard InChI is InChI=1S/C16H19ClFNO5/c1-4-21-14-8-23-19-15(14)10-6-11(17)12(18)7-13(10)24-9(3)16(20)22-5-2/h6-7,9,14H,4-5,8H2,1-3H3/t9-,14?/m0/s1. The summed E-state index contributed by atoms with van der Waals surface area (Å²) < 4.78 is 29.9. The first-order valence-electron chi connectivity index (χ1n) is 7.62. The molecule has 1 aromatic carbocycles. The van der Waals surface area contributed by atoms with Gasteiger partial charge in [-0.3, -0.25) is 0 Å². The molecule has 1 aromatic rings. The van der Waals surface area contributed by atoms with Gasteiger partial charge < -0.3 is 19.0 Å². The van der Waals surface area contributed by atoms with Crippen LogP contribution in [0, 0.1) is 5.82 Å². The summed E-state index contributed by atoms with van der Waals surface area (Å²) in [5.41, 5.74) is 0.846. The summed E-state index contributed by atoms with van der Waals surface area (Å²) >= 11 is 5.88. The van der Waals surface area contributed by atoms with Gasteiger partial charge >= 0.3 is 5.97 Å². The van der Waals surface area contributed by atoms with Gasteiger partial charge in [0.05, 0.1) is 11.6 Å². The molecule has 8 heteroatoms. The van der Waals surface area contributed by atoms with Crippen molar-refractivity contribution in [1.82, 2.24) is 0 Å². The highest BCUT2D eigenvalue weighted by atomic mass is 35.5. The second-order valence-electron chi connectivity index (χ2n) is 4.99. The van der Waals surface area contributed by atoms with Crippen LogP contribution in [0.3, 0.4) is 0 Å². The van der Waals surface area contributed by atoms with Gasteiger partial charge in [-0.25, -0.2) is 9.18 Å². The number of rotatable bonds is 7. The summed E-state index contributed by atoms with van der Waals surface area (Å²) in [5.74, 6) is -1.10. The van der Waals surface area contributed by atoms with E-state index in [2.05, 4.69) is 5.16 Å². The molecule has 0 aromatic heterocycles. The smallest absolute Gasteiger partial charge is 0.347 e. The third-order valence-electron chi connectivity index (χ3n) is 3.28. The molecule has 132 valence electrons. The molecule has 0 saturated carbocycles. The van der Waals surface area contributed by atoms with Crippen LogP contribution in [0.25, 0.3) is 0 Å². The summed E-state index contributed by atoms with van der Waals surface area (Å²) in [5, 5.41) is 3.85. The number of hydrogen-bond donors (Lipinski definition) is 0. The minimum absolute atomic E-state index is 0.0917. The van der Waals surface area contributed by atoms with E-state index < -0.39 is 24.0 Å². The van der Waals surface area contributed by atoms with Gasteiger partial charge in [-0.1, -0.05) is 16.8 Å². The summed E-state index contributed by atoms with van der Waals surface area (Å²) in [7, 11) is 0. The quantitative estimate of drug-likeness (QED) is 0.700. The molecule has 0 N–H and O–H groups in total. The van der Waals surface area contributed by atoms with Gasteiger partial charge in [0.15, 0.2) is 6.10 Å². The van der Waals surface area contributed by atoms with Crippen LogP contribution in [0.4, 0.5) is 4.39 Å². The number of nitrogens with zero attached hydrogens (tertiary/aromatic N) is 1. The fraction of sp³-hybridized carbons (Fsp3) is 0.500. The van der Waals surface area contributed by atoms with E-state index in [1.165, 1.54) is 13.0 Å². The first kappa shape index (κ1) is 18.5. The van der Waals surface area contributed by atoms with Crippen LogP contribution in [-0.4, -0.2) is 43.7 Å². The molecule has 2 atom stereocenters. The van der Waals surface area contributed by atoms with E-state index in [9.17, 15) is 9.18 Å². The maximum absolute atomic E-state index is 13.9. The zero-order valence-corrected chi connectivity index (χ0v) is 14.4. The second-order valence-corrected chi connectivity index (χ2v) is 5.40. The molecule has 0 radical (unpaired) electrons. The predicted molar refractivity (Wildman–Crippen MR) is 86.0 cm³/mol. The molecule has 0 bridgehead atoms. The van der Waals surface area contributed by atoms with E-state index >= 15 is 0 Å². The summed E-state index contributed by atoms with van der Waals surface area (Å²) in [4.78, 5) is 16.8. The Balaban J connectivity index is 2.33. The van der Waals surface area contributed by atoms with E-state index in [0.717, 1.165) is 6.07 Å². The Morgan fingerprint density at radius 2 is 2.21 bits per heavy atom. The molecule has 6 nitrogen and oxygen atoms in total. The lowest BCUT2D eigenvalue weighted by atomic mass is 10.0. The lowest BCUT2D eigenvalue weighted by Gasteiger charge is -2.18. The molecule has 0 spiro atoms. The van der Waals surface area contributed by atoms with Gasteiger partial charge in [-0.15, -0.1) is 0 Å². The van der Waals surface area contributed by atoms with Crippen LogP contribution in [0.15, 0.2) is 17.3 Å². The number of benzene rings is 1. The van der Waals surface area contributed by atoms with Gasteiger partial charge in [-0.05, 0) is 26.8 Å². The van der Waals surface area contributed by atoms with Crippen molar-refractivity contribution in [2.24, 2.45) is 5.16 Å². The number of ether oxygens (including phenoxy) is 3. The minimum atomic E-state index is -0.919. The molecular weight excluding hydrogens is 341 g/mol. The Morgan fingerprint density at radius 3 is 2.88 bits per heavy atom. The van der Waals surface area contributed by atoms with Crippen LogP contribution in [0.1, 0.15) is 26.3 Å². The normalized spacial score (nSPS) is 17.9. The van der Waals surface area contributed by atoms with Gasteiger partial charge in [-0.2, -0.15) is 0 Å². The molecule has 0 amide bonds. The summed E-state index contributed by atoms with van der Waals surface area (Å²) in [6.07, 6.45) is -1.34. The van der Waals surface area contributed by atoms with Crippen LogP contribution >= 0.6 is 11.6 Å². The zero-order valence-electron chi connectivity index (χ0n) is 13.7. The highest BCUT2D eigenvalue weighted by molar-refractivity contribution is 6.31. The maximum atomic E-state index is 13.9. The number of halogens is 2. The molecule has 0 saturated heterocycles. The Hall–Kier alpha value is -1.86. The fourth-order valence-electron chi connectivity index (χ4n) is 2.19. The van der Waals surface area contributed by atoms with E-state index in [1.807, 2.05) is 6.92 Å². The van der Waals surface area contributed by atoms with Gasteiger partial charge in [0.25, 0.3) is 0 Å². The van der Waals surface area contributed by atoms with Gasteiger partial charge in [0, 0.05) is 18.2 Å². The minimum Gasteiger partial charge on any atom is -0.478 e. The molecule has 1 aliphatic heterocycles. The van der Waals surface area contributed by atoms with Crippen molar-refractivity contribution in [3.8, 4) is 5.75 Å². The van der Waals surface area contributed by atoms with Crippen LogP contribution < -0.4 is 4.74 Å². The average molecular weight is 360 g/mol. The number of carbonyl (C=O) groups is 1. The molecule has 1 aliphatic rings. The van der Waals surface area contributed by atoms with Crippen molar-refractivity contribution >= 4 is 23.3 Å². The lowest BCUT2D eigenvalue weighted by Crippen LogP contribution is -2.29. The Bertz CT molecular complexity index is 637. The Kier molecular flexibility index (Phi) is 6.39. The third kappa shape index (κ3) is 4.15. The molecule has 1 heterocycles. The molecule has 1 unspecified atom stereocenters. The van der Waals surface area contributed by atoms with Crippen LogP contribution in [0.2, 0.25) is 5.02 Å². The first-order valence-corrected chi connectivity index (χ1v) is 7.99. The Morgan fingerprint density at radius 1 is 1.46 bits per heavy atom. The van der Waals surface area contributed by atoms with E-state index in [-0.39, 0.29) is 24.0 Å². The van der Waals surface area contributed by atoms with E-state index in [4.69, 9.17) is 30.6 Å². The molecule has 0 fully saturated rings. The number of oxime groups is 1. The highest BCUT2D eigenvalue weighted by Gasteiger charge is 2.30. The van der Waals surface area contributed by atoms with Crippen LogP contribution in [0.5, 0.6) is 5.75 Å². The van der Waals surface area contributed by atoms with E-state index in [1.54, 1.807) is 6.92 Å². The largest absolute Gasteiger partial charge is 0.478 e. The monoisotopic (exact) mass is 359 g/mol. The van der Waals surface area contributed by atoms with Crippen molar-refractivity contribution in [1.29, 1.82) is 0 Å². The van der Waals surface area contributed by atoms with E-state index in [0.29, 0.717) is 17.9 Å². The molecule has 0 aliphatic carbocycles. The van der Waals surface area contributed by atoms with Gasteiger partial charge in [0.2, 0.25) is 0 Å². The maximum Gasteiger partial charge on any atom is 0.347 e. The van der Waals surface area contributed by atoms with Crippen LogP contribution in [-0.2, 0) is 19.1 Å². The average Bonchev–Trinajstić information content (AvgIpc) is 2.99. The molecular formula is C16H19ClFNO5. The fourth-order valence-corrected chi connectivity index (χ4v) is 2.35.